The average Bonchev–Trinajstić information content (AvgIpc) is 2.79. The van der Waals surface area contributed by atoms with E-state index in [1.54, 1.807) is 0 Å². The largest absolute Gasteiger partial charge is 0.317 e. The molecule has 1 N–H and O–H groups in total. The van der Waals surface area contributed by atoms with Crippen LogP contribution in [-0.2, 0) is 0 Å². The van der Waals surface area contributed by atoms with Gasteiger partial charge in [0.2, 0.25) is 0 Å². The highest BCUT2D eigenvalue weighted by Crippen LogP contribution is 2.37. The van der Waals surface area contributed by atoms with Crippen molar-refractivity contribution in [3.63, 3.8) is 0 Å². The molecule has 0 aromatic rings. The molecule has 1 aliphatic rings. The molecule has 1 aliphatic heterocycles. The molecule has 0 aromatic carbocycles. The van der Waals surface area contributed by atoms with Crippen LogP contribution in [0.4, 0.5) is 0 Å². The predicted octanol–water partition coefficient (Wildman–Crippen LogP) is 3.28. The molecule has 2 heteroatoms. The average molecular weight is 240 g/mol. The summed E-state index contributed by atoms with van der Waals surface area (Å²) in [5.74, 6) is 0. The minimum atomic E-state index is 0.630. The summed E-state index contributed by atoms with van der Waals surface area (Å²) < 4.78 is 0. The van der Waals surface area contributed by atoms with Crippen molar-refractivity contribution in [3.8, 4) is 0 Å². The topological polar surface area (TPSA) is 15.3 Å². The first-order chi connectivity index (χ1) is 8.17. The lowest BCUT2D eigenvalue weighted by atomic mass is 9.82. The fourth-order valence-corrected chi connectivity index (χ4v) is 2.97. The monoisotopic (exact) mass is 240 g/mol. The molecule has 0 radical (unpaired) electrons. The van der Waals surface area contributed by atoms with Crippen LogP contribution in [0.15, 0.2) is 0 Å². The minimum absolute atomic E-state index is 0.630. The van der Waals surface area contributed by atoms with Gasteiger partial charge >= 0.3 is 0 Å². The van der Waals surface area contributed by atoms with Gasteiger partial charge in [0.05, 0.1) is 0 Å². The first kappa shape index (κ1) is 15.0. The number of rotatable bonds is 8. The van der Waals surface area contributed by atoms with Crippen LogP contribution >= 0.6 is 0 Å². The summed E-state index contributed by atoms with van der Waals surface area (Å²) in [7, 11) is 0. The number of nitrogens with one attached hydrogen (secondary N) is 1. The van der Waals surface area contributed by atoms with E-state index >= 15 is 0 Å². The molecule has 0 bridgehead atoms. The second-order valence-electron chi connectivity index (χ2n) is 5.82. The van der Waals surface area contributed by atoms with Crippen LogP contribution in [-0.4, -0.2) is 37.1 Å². The fourth-order valence-electron chi connectivity index (χ4n) is 2.97. The number of likely N-dealkylation sites (tertiary alicyclic amines) is 1. The fraction of sp³-hybridized carbons (Fsp3) is 1.00. The maximum atomic E-state index is 3.51. The lowest BCUT2D eigenvalue weighted by Crippen LogP contribution is -2.35. The van der Waals surface area contributed by atoms with E-state index in [1.165, 1.54) is 58.3 Å². The lowest BCUT2D eigenvalue weighted by Gasteiger charge is -2.29. The van der Waals surface area contributed by atoms with Crippen molar-refractivity contribution in [1.29, 1.82) is 0 Å². The number of nitrogens with zero attached hydrogens (tertiary/aromatic N) is 1. The molecule has 1 atom stereocenters. The Balaban J connectivity index is 2.27. The van der Waals surface area contributed by atoms with Gasteiger partial charge in [-0.05, 0) is 64.1 Å². The Bertz CT molecular complexity index is 199. The van der Waals surface area contributed by atoms with Crippen molar-refractivity contribution in [3.05, 3.63) is 0 Å². The van der Waals surface area contributed by atoms with E-state index < -0.39 is 0 Å². The summed E-state index contributed by atoms with van der Waals surface area (Å²) in [5.41, 5.74) is 0.630. The third-order valence-electron chi connectivity index (χ3n) is 4.76. The third kappa shape index (κ3) is 4.26. The highest BCUT2D eigenvalue weighted by atomic mass is 15.2. The molecule has 1 heterocycles. The van der Waals surface area contributed by atoms with E-state index in [9.17, 15) is 0 Å². The van der Waals surface area contributed by atoms with Gasteiger partial charge in [0.15, 0.2) is 0 Å². The Morgan fingerprint density at radius 3 is 2.41 bits per heavy atom. The van der Waals surface area contributed by atoms with Crippen molar-refractivity contribution in [1.82, 2.24) is 10.2 Å². The Labute approximate surface area is 108 Å². The van der Waals surface area contributed by atoms with Gasteiger partial charge < -0.3 is 10.2 Å². The van der Waals surface area contributed by atoms with E-state index in [2.05, 4.69) is 37.9 Å². The van der Waals surface area contributed by atoms with Crippen LogP contribution in [0.3, 0.4) is 0 Å². The van der Waals surface area contributed by atoms with Gasteiger partial charge in [-0.3, -0.25) is 0 Å². The van der Waals surface area contributed by atoms with Gasteiger partial charge in [0, 0.05) is 12.6 Å². The molecule has 0 aromatic heterocycles. The van der Waals surface area contributed by atoms with Gasteiger partial charge in [0.1, 0.15) is 0 Å². The van der Waals surface area contributed by atoms with E-state index in [-0.39, 0.29) is 0 Å². The minimum Gasteiger partial charge on any atom is -0.317 e. The van der Waals surface area contributed by atoms with Crippen LogP contribution in [0.2, 0.25) is 0 Å². The van der Waals surface area contributed by atoms with Crippen molar-refractivity contribution >= 4 is 0 Å². The maximum absolute atomic E-state index is 3.51. The van der Waals surface area contributed by atoms with Crippen LogP contribution in [0, 0.1) is 5.41 Å². The van der Waals surface area contributed by atoms with E-state index in [0.29, 0.717) is 5.41 Å². The zero-order chi connectivity index (χ0) is 12.7. The molecule has 17 heavy (non-hydrogen) atoms. The summed E-state index contributed by atoms with van der Waals surface area (Å²) in [4.78, 5) is 2.71. The van der Waals surface area contributed by atoms with E-state index in [0.717, 1.165) is 6.04 Å². The van der Waals surface area contributed by atoms with Crippen LogP contribution in [0.1, 0.15) is 59.8 Å². The Hall–Kier alpha value is -0.0800. The highest BCUT2D eigenvalue weighted by Gasteiger charge is 2.36. The standard InChI is InChI=1S/C15H32N2/c1-5-10-16-11-8-14(4)17-12-9-15(6-2,7-3)13-17/h14,16H,5-13H2,1-4H3. The van der Waals surface area contributed by atoms with Crippen LogP contribution < -0.4 is 5.32 Å². The van der Waals surface area contributed by atoms with Gasteiger partial charge in [-0.2, -0.15) is 0 Å². The number of hydrogen-bond donors (Lipinski definition) is 1. The van der Waals surface area contributed by atoms with Gasteiger partial charge in [-0.1, -0.05) is 20.8 Å². The van der Waals surface area contributed by atoms with Crippen molar-refractivity contribution in [2.45, 2.75) is 65.8 Å². The van der Waals surface area contributed by atoms with Crippen LogP contribution in [0.25, 0.3) is 0 Å². The van der Waals surface area contributed by atoms with Gasteiger partial charge in [0.25, 0.3) is 0 Å². The van der Waals surface area contributed by atoms with E-state index in [4.69, 9.17) is 0 Å². The van der Waals surface area contributed by atoms with Crippen LogP contribution in [0.5, 0.6) is 0 Å². The predicted molar refractivity (Wildman–Crippen MR) is 76.4 cm³/mol. The molecular weight excluding hydrogens is 208 g/mol. The van der Waals surface area contributed by atoms with E-state index in [1.807, 2.05) is 0 Å². The summed E-state index contributed by atoms with van der Waals surface area (Å²) >= 11 is 0. The normalized spacial score (nSPS) is 21.9. The molecule has 102 valence electrons. The molecule has 1 saturated heterocycles. The zero-order valence-corrected chi connectivity index (χ0v) is 12.4. The van der Waals surface area contributed by atoms with Crippen molar-refractivity contribution in [2.75, 3.05) is 26.2 Å². The van der Waals surface area contributed by atoms with Gasteiger partial charge in [-0.15, -0.1) is 0 Å². The van der Waals surface area contributed by atoms with Gasteiger partial charge in [-0.25, -0.2) is 0 Å². The first-order valence-electron chi connectivity index (χ1n) is 7.62. The van der Waals surface area contributed by atoms with Crippen molar-refractivity contribution < 1.29 is 0 Å². The molecule has 2 nitrogen and oxygen atoms in total. The molecule has 0 aliphatic carbocycles. The molecule has 0 saturated carbocycles. The Morgan fingerprint density at radius 1 is 1.18 bits per heavy atom. The molecular formula is C15H32N2. The third-order valence-corrected chi connectivity index (χ3v) is 4.76. The number of hydrogen-bond acceptors (Lipinski definition) is 2. The molecule has 1 fully saturated rings. The molecule has 1 rings (SSSR count). The molecule has 1 unspecified atom stereocenters. The van der Waals surface area contributed by atoms with Crippen molar-refractivity contribution in [2.24, 2.45) is 5.41 Å². The Morgan fingerprint density at radius 2 is 1.88 bits per heavy atom. The summed E-state index contributed by atoms with van der Waals surface area (Å²) in [6.07, 6.45) is 6.64. The lowest BCUT2D eigenvalue weighted by molar-refractivity contribution is 0.195. The second-order valence-corrected chi connectivity index (χ2v) is 5.82. The first-order valence-corrected chi connectivity index (χ1v) is 7.62. The molecule has 0 amide bonds. The summed E-state index contributed by atoms with van der Waals surface area (Å²) in [6.45, 7) is 14.3. The molecule has 0 spiro atoms. The Kier molecular flexibility index (Phi) is 6.50. The summed E-state index contributed by atoms with van der Waals surface area (Å²) in [5, 5.41) is 3.51. The highest BCUT2D eigenvalue weighted by molar-refractivity contribution is 4.89. The SMILES string of the molecule is CCCNCCC(C)N1CCC(CC)(CC)C1. The quantitative estimate of drug-likeness (QED) is 0.655. The second kappa shape index (κ2) is 7.38. The smallest absolute Gasteiger partial charge is 0.00792 e. The zero-order valence-electron chi connectivity index (χ0n) is 12.4. The maximum Gasteiger partial charge on any atom is 0.00792 e. The summed E-state index contributed by atoms with van der Waals surface area (Å²) in [6, 6.07) is 0.749.